The summed E-state index contributed by atoms with van der Waals surface area (Å²) in [5.41, 5.74) is 25.5. The highest BCUT2D eigenvalue weighted by molar-refractivity contribution is 5.92. The molecule has 0 amide bonds. The Kier molecular flexibility index (Phi) is 8.93. The molecule has 0 saturated carbocycles. The molecule has 1 heteroatoms. The second-order valence-corrected chi connectivity index (χ2v) is 19.6. The van der Waals surface area contributed by atoms with Crippen LogP contribution in [0.2, 0.25) is 0 Å². The van der Waals surface area contributed by atoms with E-state index in [9.17, 15) is 0 Å². The van der Waals surface area contributed by atoms with Crippen LogP contribution in [0.15, 0.2) is 170 Å². The van der Waals surface area contributed by atoms with Crippen molar-refractivity contribution in [3.05, 3.63) is 209 Å². The van der Waals surface area contributed by atoms with Gasteiger partial charge < -0.3 is 4.90 Å². The Morgan fingerprint density at radius 2 is 0.754 bits per heavy atom. The van der Waals surface area contributed by atoms with E-state index >= 15 is 0 Å². The van der Waals surface area contributed by atoms with Gasteiger partial charge in [0.25, 0.3) is 0 Å². The third-order valence-corrected chi connectivity index (χ3v) is 13.9. The summed E-state index contributed by atoms with van der Waals surface area (Å²) in [6.07, 6.45) is 0. The maximum atomic E-state index is 2.48. The Morgan fingerprint density at radius 3 is 1.21 bits per heavy atom. The molecule has 8 aromatic carbocycles. The quantitative estimate of drug-likeness (QED) is 0.162. The highest BCUT2D eigenvalue weighted by atomic mass is 15.1. The largest absolute Gasteiger partial charge is 0.310 e. The Labute approximate surface area is 363 Å². The summed E-state index contributed by atoms with van der Waals surface area (Å²) in [6.45, 7) is 20.8. The molecule has 1 nitrogen and oxygen atoms in total. The number of hydrogen-bond donors (Lipinski definition) is 0. The number of rotatable bonds is 6. The normalized spacial score (nSPS) is 14.2. The van der Waals surface area contributed by atoms with Crippen LogP contribution in [0.1, 0.15) is 87.4 Å². The van der Waals surface area contributed by atoms with Crippen LogP contribution in [-0.2, 0) is 16.2 Å². The molecular formula is C60H55N. The van der Waals surface area contributed by atoms with Crippen molar-refractivity contribution >= 4 is 17.1 Å². The third kappa shape index (κ3) is 6.37. The molecule has 300 valence electrons. The van der Waals surface area contributed by atoms with Crippen molar-refractivity contribution in [3.8, 4) is 55.6 Å². The molecule has 0 radical (unpaired) electrons. The highest BCUT2D eigenvalue weighted by Gasteiger charge is 2.37. The van der Waals surface area contributed by atoms with E-state index in [4.69, 9.17) is 0 Å². The number of anilines is 3. The topological polar surface area (TPSA) is 3.24 Å². The summed E-state index contributed by atoms with van der Waals surface area (Å²) in [4.78, 5) is 2.44. The first-order chi connectivity index (χ1) is 29.2. The van der Waals surface area contributed by atoms with Gasteiger partial charge in [0.15, 0.2) is 0 Å². The minimum absolute atomic E-state index is 0.0976. The standard InChI is InChI=1S/C60H55N/c1-38-18-28-45(29-19-38)61(46-30-22-41(23-31-46)40-20-26-44(27-21-40)58(3,4)5)47-36-52(42-24-32-50-48-14-10-12-16-54(48)59(6,7)56(50)34-42)39(2)53(37-47)43-25-33-51-49-15-11-13-17-55(49)60(8,9)57(51)35-43/h10-37H,1-9H3. The Bertz CT molecular complexity index is 2860. The lowest BCUT2D eigenvalue weighted by atomic mass is 9.80. The molecule has 0 fully saturated rings. The van der Waals surface area contributed by atoms with Gasteiger partial charge in [0, 0.05) is 27.9 Å². The average molecular weight is 790 g/mol. The molecule has 61 heavy (non-hydrogen) atoms. The number of benzene rings is 8. The van der Waals surface area contributed by atoms with Gasteiger partial charge in [-0.15, -0.1) is 0 Å². The van der Waals surface area contributed by atoms with E-state index in [-0.39, 0.29) is 16.2 Å². The Balaban J connectivity index is 1.16. The first kappa shape index (κ1) is 38.7. The minimum atomic E-state index is -0.0976. The lowest BCUT2D eigenvalue weighted by Crippen LogP contribution is -2.15. The Morgan fingerprint density at radius 1 is 0.361 bits per heavy atom. The molecule has 0 spiro atoms. The van der Waals surface area contributed by atoms with Crippen molar-refractivity contribution in [1.82, 2.24) is 0 Å². The number of nitrogens with zero attached hydrogens (tertiary/aromatic N) is 1. The fourth-order valence-corrected chi connectivity index (χ4v) is 10.3. The highest BCUT2D eigenvalue weighted by Crippen LogP contribution is 2.52. The number of fused-ring (bicyclic) bond motifs is 6. The van der Waals surface area contributed by atoms with E-state index in [1.165, 1.54) is 94.6 Å². The molecule has 0 saturated heterocycles. The summed E-state index contributed by atoms with van der Waals surface area (Å²) >= 11 is 0. The van der Waals surface area contributed by atoms with Gasteiger partial charge in [0.1, 0.15) is 0 Å². The zero-order chi connectivity index (χ0) is 42.4. The predicted octanol–water partition coefficient (Wildman–Crippen LogP) is 16.7. The van der Waals surface area contributed by atoms with Crippen molar-refractivity contribution in [2.75, 3.05) is 4.90 Å². The summed E-state index contributed by atoms with van der Waals surface area (Å²) in [6, 6.07) is 64.3. The SMILES string of the molecule is Cc1ccc(N(c2ccc(-c3ccc(C(C)(C)C)cc3)cc2)c2cc(-c3ccc4c(c3)C(C)(C)c3ccccc3-4)c(C)c(-c3ccc4c(c3)C(C)(C)c3ccccc3-4)c2)cc1. The van der Waals surface area contributed by atoms with Gasteiger partial charge in [0.2, 0.25) is 0 Å². The van der Waals surface area contributed by atoms with E-state index in [2.05, 4.69) is 237 Å². The second kappa shape index (κ2) is 14.1. The van der Waals surface area contributed by atoms with Crippen LogP contribution < -0.4 is 4.90 Å². The molecule has 0 bridgehead atoms. The molecular weight excluding hydrogens is 735 g/mol. The molecule has 2 aliphatic carbocycles. The van der Waals surface area contributed by atoms with E-state index in [1.54, 1.807) is 0 Å². The summed E-state index contributed by atoms with van der Waals surface area (Å²) < 4.78 is 0. The predicted molar refractivity (Wildman–Crippen MR) is 261 cm³/mol. The molecule has 0 aliphatic heterocycles. The third-order valence-electron chi connectivity index (χ3n) is 13.9. The van der Waals surface area contributed by atoms with E-state index < -0.39 is 0 Å². The zero-order valence-corrected chi connectivity index (χ0v) is 37.1. The van der Waals surface area contributed by atoms with Crippen LogP contribution in [0.25, 0.3) is 55.6 Å². The lowest BCUT2D eigenvalue weighted by Gasteiger charge is -2.29. The van der Waals surface area contributed by atoms with E-state index in [0.29, 0.717) is 0 Å². The summed E-state index contributed by atoms with van der Waals surface area (Å²) in [5, 5.41) is 0. The van der Waals surface area contributed by atoms with Crippen LogP contribution in [-0.4, -0.2) is 0 Å². The lowest BCUT2D eigenvalue weighted by molar-refractivity contribution is 0.590. The van der Waals surface area contributed by atoms with Crippen molar-refractivity contribution in [1.29, 1.82) is 0 Å². The van der Waals surface area contributed by atoms with Crippen LogP contribution in [0.3, 0.4) is 0 Å². The van der Waals surface area contributed by atoms with Gasteiger partial charge in [-0.3, -0.25) is 0 Å². The first-order valence-electron chi connectivity index (χ1n) is 21.9. The smallest absolute Gasteiger partial charge is 0.0474 e. The van der Waals surface area contributed by atoms with Gasteiger partial charge >= 0.3 is 0 Å². The molecule has 8 aromatic rings. The van der Waals surface area contributed by atoms with E-state index in [1.807, 2.05) is 0 Å². The van der Waals surface area contributed by atoms with Crippen molar-refractivity contribution in [2.24, 2.45) is 0 Å². The summed E-state index contributed by atoms with van der Waals surface area (Å²) in [5.74, 6) is 0. The second-order valence-electron chi connectivity index (χ2n) is 19.6. The minimum Gasteiger partial charge on any atom is -0.310 e. The maximum absolute atomic E-state index is 2.48. The van der Waals surface area contributed by atoms with Crippen molar-refractivity contribution in [3.63, 3.8) is 0 Å². The molecule has 2 aliphatic rings. The van der Waals surface area contributed by atoms with Gasteiger partial charge in [-0.25, -0.2) is 0 Å². The maximum Gasteiger partial charge on any atom is 0.0474 e. The Hall–Kier alpha value is -6.44. The van der Waals surface area contributed by atoms with Gasteiger partial charge in [0.05, 0.1) is 0 Å². The van der Waals surface area contributed by atoms with E-state index in [0.717, 1.165) is 17.1 Å². The molecule has 0 N–H and O–H groups in total. The molecule has 0 heterocycles. The average Bonchev–Trinajstić information content (AvgIpc) is 3.63. The van der Waals surface area contributed by atoms with Crippen LogP contribution >= 0.6 is 0 Å². The zero-order valence-electron chi connectivity index (χ0n) is 37.1. The van der Waals surface area contributed by atoms with Crippen molar-refractivity contribution in [2.45, 2.75) is 78.6 Å². The van der Waals surface area contributed by atoms with Gasteiger partial charge in [-0.05, 0) is 157 Å². The summed E-state index contributed by atoms with van der Waals surface area (Å²) in [7, 11) is 0. The van der Waals surface area contributed by atoms with Gasteiger partial charge in [-0.1, -0.05) is 175 Å². The monoisotopic (exact) mass is 789 g/mol. The first-order valence-corrected chi connectivity index (χ1v) is 21.9. The number of hydrogen-bond acceptors (Lipinski definition) is 1. The fraction of sp³-hybridized carbons (Fsp3) is 0.200. The molecule has 0 unspecified atom stereocenters. The molecule has 0 aromatic heterocycles. The van der Waals surface area contributed by atoms with Gasteiger partial charge in [-0.2, -0.15) is 0 Å². The van der Waals surface area contributed by atoms with Crippen molar-refractivity contribution < 1.29 is 0 Å². The number of aryl methyl sites for hydroxylation is 1. The van der Waals surface area contributed by atoms with Crippen LogP contribution in [0.4, 0.5) is 17.1 Å². The van der Waals surface area contributed by atoms with Crippen LogP contribution in [0.5, 0.6) is 0 Å². The molecule has 10 rings (SSSR count). The van der Waals surface area contributed by atoms with Crippen LogP contribution in [0, 0.1) is 13.8 Å². The molecule has 0 atom stereocenters. The fourth-order valence-electron chi connectivity index (χ4n) is 10.3.